The van der Waals surface area contributed by atoms with Crippen molar-refractivity contribution >= 4 is 27.4 Å². The quantitative estimate of drug-likeness (QED) is 0.643. The Morgan fingerprint density at radius 2 is 2.11 bits per heavy atom. The Labute approximate surface area is 110 Å². The molecule has 5 nitrogen and oxygen atoms in total. The lowest BCUT2D eigenvalue weighted by Gasteiger charge is -2.28. The van der Waals surface area contributed by atoms with Crippen LogP contribution >= 0.6 is 11.3 Å². The summed E-state index contributed by atoms with van der Waals surface area (Å²) in [7, 11) is 1.70. The van der Waals surface area contributed by atoms with Crippen molar-refractivity contribution < 1.29 is 4.74 Å². The molecule has 6 heteroatoms. The molecule has 18 heavy (non-hydrogen) atoms. The van der Waals surface area contributed by atoms with Gasteiger partial charge in [-0.1, -0.05) is 13.8 Å². The number of hydrazine groups is 1. The van der Waals surface area contributed by atoms with E-state index in [0.29, 0.717) is 11.6 Å². The molecule has 0 saturated carbocycles. The number of nitrogens with one attached hydrogen (secondary N) is 1. The fraction of sp³-hybridized carbons (Fsp3) is 0.500. The predicted octanol–water partition coefficient (Wildman–Crippen LogP) is 2.64. The molecule has 0 saturated heterocycles. The lowest BCUT2D eigenvalue weighted by atomic mass is 9.96. The second-order valence-electron chi connectivity index (χ2n) is 4.09. The zero-order valence-corrected chi connectivity index (χ0v) is 11.7. The lowest BCUT2D eigenvalue weighted by Crippen LogP contribution is -2.30. The average Bonchev–Trinajstić information content (AvgIpc) is 2.89. The van der Waals surface area contributed by atoms with E-state index in [4.69, 9.17) is 10.6 Å². The highest BCUT2D eigenvalue weighted by atomic mass is 32.1. The van der Waals surface area contributed by atoms with Crippen LogP contribution < -0.4 is 11.3 Å². The van der Waals surface area contributed by atoms with Gasteiger partial charge in [0.25, 0.3) is 0 Å². The van der Waals surface area contributed by atoms with E-state index in [2.05, 4.69) is 29.2 Å². The van der Waals surface area contributed by atoms with E-state index < -0.39 is 5.60 Å². The lowest BCUT2D eigenvalue weighted by molar-refractivity contribution is -0.0287. The highest BCUT2D eigenvalue weighted by molar-refractivity contribution is 7.16. The van der Waals surface area contributed by atoms with Crippen LogP contribution in [0.3, 0.4) is 0 Å². The minimum absolute atomic E-state index is 0.441. The summed E-state index contributed by atoms with van der Waals surface area (Å²) >= 11 is 1.58. The number of fused-ring (bicyclic) bond motifs is 1. The normalized spacial score (nSPS) is 12.0. The molecule has 0 spiro atoms. The molecule has 0 aliphatic rings. The topological polar surface area (TPSA) is 73.1 Å². The van der Waals surface area contributed by atoms with Crippen molar-refractivity contribution in [3.05, 3.63) is 17.3 Å². The minimum atomic E-state index is -0.441. The fourth-order valence-corrected chi connectivity index (χ4v) is 2.88. The third-order valence-electron chi connectivity index (χ3n) is 3.40. The Hall–Kier alpha value is -1.24. The molecule has 0 aromatic carbocycles. The number of nitrogens with two attached hydrogens (primary N) is 1. The molecular weight excluding hydrogens is 248 g/mol. The smallest absolute Gasteiger partial charge is 0.164 e. The predicted molar refractivity (Wildman–Crippen MR) is 74.5 cm³/mol. The first kappa shape index (κ1) is 13.2. The van der Waals surface area contributed by atoms with Crippen LogP contribution in [0.4, 0.5) is 5.82 Å². The molecule has 98 valence electrons. The van der Waals surface area contributed by atoms with Gasteiger partial charge in [0.15, 0.2) is 11.6 Å². The van der Waals surface area contributed by atoms with Gasteiger partial charge < -0.3 is 10.2 Å². The Balaban J connectivity index is 2.63. The number of rotatable bonds is 5. The molecule has 0 atom stereocenters. The van der Waals surface area contributed by atoms with Crippen LogP contribution in [0.1, 0.15) is 32.5 Å². The van der Waals surface area contributed by atoms with Crippen molar-refractivity contribution in [2.24, 2.45) is 5.84 Å². The van der Waals surface area contributed by atoms with Crippen LogP contribution in [-0.4, -0.2) is 17.1 Å². The van der Waals surface area contributed by atoms with Crippen LogP contribution in [0.2, 0.25) is 0 Å². The van der Waals surface area contributed by atoms with Gasteiger partial charge in [0, 0.05) is 7.11 Å². The van der Waals surface area contributed by atoms with E-state index in [0.717, 1.165) is 23.1 Å². The van der Waals surface area contributed by atoms with Crippen LogP contribution in [0.5, 0.6) is 0 Å². The fourth-order valence-electron chi connectivity index (χ4n) is 2.12. The van der Waals surface area contributed by atoms with E-state index in [-0.39, 0.29) is 0 Å². The summed E-state index contributed by atoms with van der Waals surface area (Å²) in [6, 6.07) is 1.96. The minimum Gasteiger partial charge on any atom is -0.370 e. The molecule has 3 N–H and O–H groups in total. The van der Waals surface area contributed by atoms with Crippen molar-refractivity contribution in [3.8, 4) is 0 Å². The average molecular weight is 266 g/mol. The van der Waals surface area contributed by atoms with Crippen LogP contribution in [0, 0.1) is 0 Å². The van der Waals surface area contributed by atoms with Gasteiger partial charge in [0.05, 0.1) is 5.39 Å². The van der Waals surface area contributed by atoms with Gasteiger partial charge in [0.1, 0.15) is 10.4 Å². The monoisotopic (exact) mass is 266 g/mol. The molecule has 0 aliphatic heterocycles. The van der Waals surface area contributed by atoms with Gasteiger partial charge >= 0.3 is 0 Å². The van der Waals surface area contributed by atoms with Crippen LogP contribution in [-0.2, 0) is 10.3 Å². The SMILES string of the molecule is CCC(CC)(OC)c1nc(NN)c2ccsc2n1. The van der Waals surface area contributed by atoms with E-state index >= 15 is 0 Å². The molecule has 2 aromatic heterocycles. The number of nitrogen functional groups attached to an aromatic ring is 1. The van der Waals surface area contributed by atoms with Crippen molar-refractivity contribution in [2.45, 2.75) is 32.3 Å². The van der Waals surface area contributed by atoms with Gasteiger partial charge in [-0.15, -0.1) is 11.3 Å². The number of hydrogen-bond donors (Lipinski definition) is 2. The summed E-state index contributed by atoms with van der Waals surface area (Å²) in [6.07, 6.45) is 1.64. The number of thiophene rings is 1. The summed E-state index contributed by atoms with van der Waals surface area (Å²) in [6.45, 7) is 4.15. The third kappa shape index (κ3) is 1.96. The van der Waals surface area contributed by atoms with Crippen molar-refractivity contribution in [1.29, 1.82) is 0 Å². The summed E-state index contributed by atoms with van der Waals surface area (Å²) < 4.78 is 5.66. The Kier molecular flexibility index (Phi) is 3.79. The first-order chi connectivity index (χ1) is 8.70. The van der Waals surface area contributed by atoms with E-state index in [9.17, 15) is 0 Å². The molecule has 2 heterocycles. The van der Waals surface area contributed by atoms with Gasteiger partial charge in [-0.05, 0) is 24.3 Å². The maximum absolute atomic E-state index is 5.66. The number of anilines is 1. The first-order valence-corrected chi connectivity index (χ1v) is 6.86. The molecule has 0 fully saturated rings. The van der Waals surface area contributed by atoms with Crippen LogP contribution in [0.25, 0.3) is 10.2 Å². The molecule has 0 unspecified atom stereocenters. The van der Waals surface area contributed by atoms with Gasteiger partial charge in [0.2, 0.25) is 0 Å². The molecule has 2 rings (SSSR count). The number of ether oxygens (including phenoxy) is 1. The highest BCUT2D eigenvalue weighted by Gasteiger charge is 2.32. The highest BCUT2D eigenvalue weighted by Crippen LogP contribution is 2.33. The molecule has 0 amide bonds. The van der Waals surface area contributed by atoms with Gasteiger partial charge in [-0.25, -0.2) is 15.8 Å². The molecule has 0 radical (unpaired) electrons. The van der Waals surface area contributed by atoms with Gasteiger partial charge in [-0.3, -0.25) is 0 Å². The Morgan fingerprint density at radius 3 is 2.67 bits per heavy atom. The summed E-state index contributed by atoms with van der Waals surface area (Å²) in [5.41, 5.74) is 2.20. The number of nitrogens with zero attached hydrogens (tertiary/aromatic N) is 2. The number of hydrogen-bond acceptors (Lipinski definition) is 6. The zero-order valence-electron chi connectivity index (χ0n) is 10.9. The summed E-state index contributed by atoms with van der Waals surface area (Å²) in [4.78, 5) is 10.1. The second kappa shape index (κ2) is 5.17. The third-order valence-corrected chi connectivity index (χ3v) is 4.21. The Morgan fingerprint density at radius 1 is 1.39 bits per heavy atom. The van der Waals surface area contributed by atoms with Gasteiger partial charge in [-0.2, -0.15) is 0 Å². The molecule has 2 aromatic rings. The van der Waals surface area contributed by atoms with E-state index in [1.807, 2.05) is 11.4 Å². The van der Waals surface area contributed by atoms with Crippen molar-refractivity contribution in [3.63, 3.8) is 0 Å². The maximum Gasteiger partial charge on any atom is 0.164 e. The standard InChI is InChI=1S/C12H18N4OS/c1-4-12(5-2,17-3)11-14-9(16-13)8-6-7-18-10(8)15-11/h6-7H,4-5,13H2,1-3H3,(H,14,15,16). The van der Waals surface area contributed by atoms with Crippen LogP contribution in [0.15, 0.2) is 11.4 Å². The van der Waals surface area contributed by atoms with Crippen molar-refractivity contribution in [1.82, 2.24) is 9.97 Å². The summed E-state index contributed by atoms with van der Waals surface area (Å²) in [5.74, 6) is 6.88. The second-order valence-corrected chi connectivity index (χ2v) is 4.98. The van der Waals surface area contributed by atoms with Crippen molar-refractivity contribution in [2.75, 3.05) is 12.5 Å². The molecule has 0 bridgehead atoms. The van der Waals surface area contributed by atoms with E-state index in [1.165, 1.54) is 0 Å². The zero-order chi connectivity index (χ0) is 13.2. The molecular formula is C12H18N4OS. The Bertz CT molecular complexity index is 528. The van der Waals surface area contributed by atoms with E-state index in [1.54, 1.807) is 18.4 Å². The summed E-state index contributed by atoms with van der Waals surface area (Å²) in [5, 5.41) is 2.93. The number of methoxy groups -OCH3 is 1. The number of aromatic nitrogens is 2. The maximum atomic E-state index is 5.66. The molecule has 0 aliphatic carbocycles. The first-order valence-electron chi connectivity index (χ1n) is 5.98. The largest absolute Gasteiger partial charge is 0.370 e.